The summed E-state index contributed by atoms with van der Waals surface area (Å²) in [7, 11) is 0. The second-order valence-corrected chi connectivity index (χ2v) is 5.34. The molecule has 2 aliphatic heterocycles. The molecule has 2 aliphatic rings. The van der Waals surface area contributed by atoms with E-state index >= 15 is 0 Å². The van der Waals surface area contributed by atoms with Crippen LogP contribution >= 0.6 is 0 Å². The van der Waals surface area contributed by atoms with Crippen LogP contribution in [0.3, 0.4) is 0 Å². The zero-order valence-electron chi connectivity index (χ0n) is 10.8. The van der Waals surface area contributed by atoms with Gasteiger partial charge in [-0.1, -0.05) is 0 Å². The summed E-state index contributed by atoms with van der Waals surface area (Å²) >= 11 is 0. The second-order valence-electron chi connectivity index (χ2n) is 5.34. The van der Waals surface area contributed by atoms with Crippen molar-refractivity contribution in [2.75, 3.05) is 32.8 Å². The predicted molar refractivity (Wildman–Crippen MR) is 66.0 cm³/mol. The molecule has 2 N–H and O–H groups in total. The first-order valence-electron chi connectivity index (χ1n) is 6.51. The normalized spacial score (nSPS) is 29.7. The molecule has 0 aliphatic carbocycles. The molecule has 0 aromatic heterocycles. The Hall–Kier alpha value is -0.810. The zero-order chi connectivity index (χ0) is 12.3. The highest BCUT2D eigenvalue weighted by Gasteiger charge is 2.39. The first kappa shape index (κ1) is 12.6. The molecular weight excluding hydrogens is 218 g/mol. The van der Waals surface area contributed by atoms with Crippen LogP contribution < -0.4 is 10.6 Å². The average Bonchev–Trinajstić information content (AvgIpc) is 2.29. The summed E-state index contributed by atoms with van der Waals surface area (Å²) in [5.41, 5.74) is -0.148. The lowest BCUT2D eigenvalue weighted by Gasteiger charge is -2.45. The van der Waals surface area contributed by atoms with Gasteiger partial charge >= 0.3 is 6.03 Å². The first-order chi connectivity index (χ1) is 8.11. The Bertz CT molecular complexity index is 269. The fourth-order valence-corrected chi connectivity index (χ4v) is 2.55. The van der Waals surface area contributed by atoms with Crippen LogP contribution in [0.15, 0.2) is 0 Å². The molecule has 2 rings (SSSR count). The maximum atomic E-state index is 12.0. The van der Waals surface area contributed by atoms with Gasteiger partial charge in [0.15, 0.2) is 0 Å². The van der Waals surface area contributed by atoms with Crippen LogP contribution in [-0.4, -0.2) is 55.4 Å². The van der Waals surface area contributed by atoms with Gasteiger partial charge in [0.2, 0.25) is 0 Å². The fourth-order valence-electron chi connectivity index (χ4n) is 2.55. The highest BCUT2D eigenvalue weighted by atomic mass is 16.5. The Kier molecular flexibility index (Phi) is 3.89. The number of amides is 2. The Morgan fingerprint density at radius 1 is 1.53 bits per heavy atom. The van der Waals surface area contributed by atoms with Gasteiger partial charge in [-0.05, 0) is 33.2 Å². The molecule has 0 saturated carbocycles. The van der Waals surface area contributed by atoms with E-state index in [1.54, 1.807) is 0 Å². The summed E-state index contributed by atoms with van der Waals surface area (Å²) in [6, 6.07) is 0.221. The smallest absolute Gasteiger partial charge is 0.317 e. The van der Waals surface area contributed by atoms with Crippen molar-refractivity contribution in [3.05, 3.63) is 0 Å². The van der Waals surface area contributed by atoms with Crippen molar-refractivity contribution in [1.82, 2.24) is 15.5 Å². The molecule has 0 unspecified atom stereocenters. The van der Waals surface area contributed by atoms with E-state index in [4.69, 9.17) is 4.74 Å². The third kappa shape index (κ3) is 3.10. The minimum absolute atomic E-state index is 0.0354. The van der Waals surface area contributed by atoms with Crippen molar-refractivity contribution in [3.8, 4) is 0 Å². The summed E-state index contributed by atoms with van der Waals surface area (Å²) in [5, 5.41) is 6.31. The Labute approximate surface area is 103 Å². The highest BCUT2D eigenvalue weighted by molar-refractivity contribution is 5.74. The molecule has 0 aromatic rings. The molecule has 2 fully saturated rings. The van der Waals surface area contributed by atoms with Crippen LogP contribution in [0.1, 0.15) is 26.7 Å². The minimum Gasteiger partial charge on any atom is -0.370 e. The summed E-state index contributed by atoms with van der Waals surface area (Å²) in [4.78, 5) is 13.9. The van der Waals surface area contributed by atoms with E-state index in [9.17, 15) is 4.79 Å². The molecule has 0 radical (unpaired) electrons. The van der Waals surface area contributed by atoms with Crippen molar-refractivity contribution >= 4 is 6.03 Å². The Morgan fingerprint density at radius 2 is 2.35 bits per heavy atom. The number of nitrogens with zero attached hydrogens (tertiary/aromatic N) is 1. The third-order valence-corrected chi connectivity index (χ3v) is 3.38. The van der Waals surface area contributed by atoms with Crippen molar-refractivity contribution in [3.63, 3.8) is 0 Å². The zero-order valence-corrected chi connectivity index (χ0v) is 10.8. The van der Waals surface area contributed by atoms with Crippen LogP contribution in [0.4, 0.5) is 4.79 Å². The van der Waals surface area contributed by atoms with Crippen LogP contribution in [0.25, 0.3) is 0 Å². The topological polar surface area (TPSA) is 53.6 Å². The number of morpholine rings is 1. The van der Waals surface area contributed by atoms with Gasteiger partial charge in [-0.3, -0.25) is 0 Å². The number of nitrogens with one attached hydrogen (secondary N) is 2. The van der Waals surface area contributed by atoms with Gasteiger partial charge in [0.05, 0.1) is 18.8 Å². The van der Waals surface area contributed by atoms with Crippen molar-refractivity contribution < 1.29 is 9.53 Å². The van der Waals surface area contributed by atoms with Crippen molar-refractivity contribution in [2.45, 2.75) is 38.3 Å². The maximum absolute atomic E-state index is 12.0. The lowest BCUT2D eigenvalue weighted by Crippen LogP contribution is -2.61. The number of rotatable bonds is 1. The van der Waals surface area contributed by atoms with Gasteiger partial charge < -0.3 is 20.3 Å². The van der Waals surface area contributed by atoms with E-state index in [0.717, 1.165) is 25.9 Å². The molecular formula is C12H23N3O2. The Morgan fingerprint density at radius 3 is 3.00 bits per heavy atom. The standard InChI is InChI=1S/C12H23N3O2/c1-10(2)14-11(16)15-6-7-17-12(9-15)4-3-5-13-8-12/h10,13H,3-9H2,1-2H3,(H,14,16)/t12-/m0/s1. The van der Waals surface area contributed by atoms with E-state index in [0.29, 0.717) is 19.7 Å². The Balaban J connectivity index is 1.94. The van der Waals surface area contributed by atoms with E-state index in [1.807, 2.05) is 18.7 Å². The molecule has 98 valence electrons. The second kappa shape index (κ2) is 5.23. The molecule has 1 spiro atoms. The quantitative estimate of drug-likeness (QED) is 0.705. The number of ether oxygens (including phenoxy) is 1. The number of hydrogen-bond acceptors (Lipinski definition) is 3. The minimum atomic E-state index is -0.148. The molecule has 2 amide bonds. The lowest BCUT2D eigenvalue weighted by molar-refractivity contribution is -0.108. The van der Waals surface area contributed by atoms with Gasteiger partial charge in [-0.25, -0.2) is 4.79 Å². The van der Waals surface area contributed by atoms with Gasteiger partial charge in [-0.15, -0.1) is 0 Å². The molecule has 0 aromatic carbocycles. The molecule has 1 atom stereocenters. The van der Waals surface area contributed by atoms with E-state index in [2.05, 4.69) is 10.6 Å². The summed E-state index contributed by atoms with van der Waals surface area (Å²) in [6.45, 7) is 7.93. The first-order valence-corrected chi connectivity index (χ1v) is 6.51. The van der Waals surface area contributed by atoms with Gasteiger partial charge in [0.1, 0.15) is 0 Å². The van der Waals surface area contributed by atoms with E-state index < -0.39 is 0 Å². The van der Waals surface area contributed by atoms with E-state index in [1.165, 1.54) is 0 Å². The fraction of sp³-hybridized carbons (Fsp3) is 0.917. The van der Waals surface area contributed by atoms with Gasteiger partial charge in [0, 0.05) is 19.1 Å². The molecule has 2 heterocycles. The number of hydrogen-bond donors (Lipinski definition) is 2. The van der Waals surface area contributed by atoms with Crippen LogP contribution in [0.5, 0.6) is 0 Å². The number of carbonyl (C=O) groups excluding carboxylic acids is 1. The van der Waals surface area contributed by atoms with Crippen LogP contribution in [0.2, 0.25) is 0 Å². The van der Waals surface area contributed by atoms with Gasteiger partial charge in [-0.2, -0.15) is 0 Å². The SMILES string of the molecule is CC(C)NC(=O)N1CCO[C@]2(CCCNC2)C1. The summed E-state index contributed by atoms with van der Waals surface area (Å²) < 4.78 is 5.91. The summed E-state index contributed by atoms with van der Waals surface area (Å²) in [5.74, 6) is 0. The monoisotopic (exact) mass is 241 g/mol. The van der Waals surface area contributed by atoms with E-state index in [-0.39, 0.29) is 17.7 Å². The average molecular weight is 241 g/mol. The molecule has 0 bridgehead atoms. The molecule has 5 heteroatoms. The lowest BCUT2D eigenvalue weighted by atomic mass is 9.92. The molecule has 2 saturated heterocycles. The largest absolute Gasteiger partial charge is 0.370 e. The van der Waals surface area contributed by atoms with Crippen LogP contribution in [0, 0.1) is 0 Å². The maximum Gasteiger partial charge on any atom is 0.317 e. The highest BCUT2D eigenvalue weighted by Crippen LogP contribution is 2.25. The number of urea groups is 1. The molecule has 5 nitrogen and oxygen atoms in total. The van der Waals surface area contributed by atoms with Crippen molar-refractivity contribution in [2.24, 2.45) is 0 Å². The predicted octanol–water partition coefficient (Wildman–Crippen LogP) is 0.559. The van der Waals surface area contributed by atoms with Gasteiger partial charge in [0.25, 0.3) is 0 Å². The van der Waals surface area contributed by atoms with Crippen LogP contribution in [-0.2, 0) is 4.74 Å². The number of carbonyl (C=O) groups is 1. The number of piperidine rings is 1. The molecule has 17 heavy (non-hydrogen) atoms. The summed E-state index contributed by atoms with van der Waals surface area (Å²) in [6.07, 6.45) is 2.17. The third-order valence-electron chi connectivity index (χ3n) is 3.38. The van der Waals surface area contributed by atoms with Crippen molar-refractivity contribution in [1.29, 1.82) is 0 Å².